The molecule has 0 aliphatic carbocycles. The molecule has 2 aliphatic heterocycles. The molecule has 2 heterocycles. The van der Waals surface area contributed by atoms with Gasteiger partial charge in [0.15, 0.2) is 0 Å². The maximum Gasteiger partial charge on any atom is 0.309 e. The summed E-state index contributed by atoms with van der Waals surface area (Å²) in [4.78, 5) is 26.4. The van der Waals surface area contributed by atoms with Crippen LogP contribution < -0.4 is 4.31 Å². The third-order valence-electron chi connectivity index (χ3n) is 5.24. The van der Waals surface area contributed by atoms with Crippen LogP contribution in [-0.4, -0.2) is 57.2 Å². The van der Waals surface area contributed by atoms with Crippen molar-refractivity contribution in [3.05, 3.63) is 29.3 Å². The van der Waals surface area contributed by atoms with E-state index < -0.39 is 10.0 Å². The number of hydrogen-bond donors (Lipinski definition) is 0. The topological polar surface area (TPSA) is 84.0 Å². The van der Waals surface area contributed by atoms with Crippen molar-refractivity contribution in [2.75, 3.05) is 30.3 Å². The summed E-state index contributed by atoms with van der Waals surface area (Å²) >= 11 is 0. The number of sulfonamides is 1. The van der Waals surface area contributed by atoms with Gasteiger partial charge in [0.25, 0.3) is 5.91 Å². The fraction of sp³-hybridized carbons (Fsp3) is 0.579. The Morgan fingerprint density at radius 2 is 1.89 bits per heavy atom. The molecular formula is C19H26N2O5S. The highest BCUT2D eigenvalue weighted by Crippen LogP contribution is 2.35. The Hall–Kier alpha value is -2.09. The Morgan fingerprint density at radius 3 is 2.48 bits per heavy atom. The molecule has 27 heavy (non-hydrogen) atoms. The van der Waals surface area contributed by atoms with Gasteiger partial charge in [-0.05, 0) is 56.9 Å². The molecule has 1 saturated heterocycles. The van der Waals surface area contributed by atoms with Crippen LogP contribution in [0.25, 0.3) is 0 Å². The zero-order valence-corrected chi connectivity index (χ0v) is 16.8. The van der Waals surface area contributed by atoms with E-state index in [2.05, 4.69) is 0 Å². The minimum atomic E-state index is -3.34. The molecule has 0 aromatic heterocycles. The number of fused-ring (bicyclic) bond motifs is 1. The van der Waals surface area contributed by atoms with Crippen molar-refractivity contribution < 1.29 is 22.7 Å². The number of amides is 1. The van der Waals surface area contributed by atoms with E-state index >= 15 is 0 Å². The zero-order chi connectivity index (χ0) is 19.8. The number of ether oxygens (including phenoxy) is 1. The number of carbonyl (C=O) groups is 2. The summed E-state index contributed by atoms with van der Waals surface area (Å²) < 4.78 is 30.5. The molecule has 0 unspecified atom stereocenters. The van der Waals surface area contributed by atoms with E-state index in [9.17, 15) is 18.0 Å². The Morgan fingerprint density at radius 1 is 1.22 bits per heavy atom. The molecule has 148 valence electrons. The van der Waals surface area contributed by atoms with Crippen LogP contribution in [0.1, 0.15) is 42.6 Å². The van der Waals surface area contributed by atoms with Gasteiger partial charge >= 0.3 is 5.97 Å². The predicted molar refractivity (Wildman–Crippen MR) is 102 cm³/mol. The standard InChI is InChI=1S/C19H26N2O5S/c1-4-26-19(23)14-7-9-20(10-8-14)18(22)15-5-6-17-16(12-15)11-13(2)21(17)27(3,24)25/h5-6,12-14H,4,7-11H2,1-3H3/t13-/m0/s1. The van der Waals surface area contributed by atoms with Crippen molar-refractivity contribution in [1.29, 1.82) is 0 Å². The second-order valence-electron chi connectivity index (χ2n) is 7.27. The molecule has 1 atom stereocenters. The fourth-order valence-corrected chi connectivity index (χ4v) is 5.27. The van der Waals surface area contributed by atoms with Crippen LogP contribution in [0.15, 0.2) is 18.2 Å². The average molecular weight is 394 g/mol. The first-order valence-corrected chi connectivity index (χ1v) is 11.2. The number of piperidine rings is 1. The number of anilines is 1. The number of rotatable bonds is 4. The summed E-state index contributed by atoms with van der Waals surface area (Å²) in [7, 11) is -3.34. The number of benzene rings is 1. The lowest BCUT2D eigenvalue weighted by Crippen LogP contribution is -2.40. The van der Waals surface area contributed by atoms with Crippen molar-refractivity contribution in [2.24, 2.45) is 5.92 Å². The van der Waals surface area contributed by atoms with Gasteiger partial charge in [-0.1, -0.05) is 0 Å². The monoisotopic (exact) mass is 394 g/mol. The number of esters is 1. The van der Waals surface area contributed by atoms with Gasteiger partial charge in [-0.15, -0.1) is 0 Å². The Balaban J connectivity index is 1.71. The molecule has 1 amide bonds. The third-order valence-corrected chi connectivity index (χ3v) is 6.51. The molecule has 1 fully saturated rings. The summed E-state index contributed by atoms with van der Waals surface area (Å²) in [6.45, 7) is 5.06. The summed E-state index contributed by atoms with van der Waals surface area (Å²) in [5, 5.41) is 0. The molecule has 0 N–H and O–H groups in total. The van der Waals surface area contributed by atoms with Crippen LogP contribution in [0.4, 0.5) is 5.69 Å². The lowest BCUT2D eigenvalue weighted by molar-refractivity contribution is -0.149. The van der Waals surface area contributed by atoms with Gasteiger partial charge in [0.1, 0.15) is 0 Å². The fourth-order valence-electron chi connectivity index (χ4n) is 4.00. The molecule has 1 aromatic carbocycles. The smallest absolute Gasteiger partial charge is 0.309 e. The average Bonchev–Trinajstić information content (AvgIpc) is 2.96. The maximum absolute atomic E-state index is 12.8. The SMILES string of the molecule is CCOC(=O)C1CCN(C(=O)c2ccc3c(c2)C[C@H](C)N3S(C)(=O)=O)CC1. The first-order valence-electron chi connectivity index (χ1n) is 9.30. The van der Waals surface area contributed by atoms with Gasteiger partial charge in [-0.3, -0.25) is 13.9 Å². The van der Waals surface area contributed by atoms with Crippen LogP contribution in [0.2, 0.25) is 0 Å². The van der Waals surface area contributed by atoms with Crippen LogP contribution in [0, 0.1) is 5.92 Å². The molecule has 3 rings (SSSR count). The number of carbonyl (C=O) groups excluding carboxylic acids is 2. The molecular weight excluding hydrogens is 368 g/mol. The Bertz CT molecular complexity index is 844. The minimum absolute atomic E-state index is 0.0782. The van der Waals surface area contributed by atoms with Crippen LogP contribution in [0.5, 0.6) is 0 Å². The zero-order valence-electron chi connectivity index (χ0n) is 16.0. The highest BCUT2D eigenvalue weighted by molar-refractivity contribution is 7.92. The molecule has 0 radical (unpaired) electrons. The van der Waals surface area contributed by atoms with E-state index in [1.807, 2.05) is 6.92 Å². The van der Waals surface area contributed by atoms with Crippen molar-refractivity contribution in [3.63, 3.8) is 0 Å². The van der Waals surface area contributed by atoms with E-state index in [4.69, 9.17) is 4.74 Å². The van der Waals surface area contributed by atoms with Gasteiger partial charge in [0, 0.05) is 24.7 Å². The molecule has 0 saturated carbocycles. The van der Waals surface area contributed by atoms with E-state index in [1.165, 1.54) is 10.6 Å². The second kappa shape index (κ2) is 7.50. The van der Waals surface area contributed by atoms with Crippen molar-refractivity contribution >= 4 is 27.6 Å². The second-order valence-corrected chi connectivity index (χ2v) is 9.13. The quantitative estimate of drug-likeness (QED) is 0.728. The Labute approximate surface area is 160 Å². The largest absolute Gasteiger partial charge is 0.466 e. The molecule has 0 spiro atoms. The van der Waals surface area contributed by atoms with Crippen LogP contribution >= 0.6 is 0 Å². The maximum atomic E-state index is 12.8. The molecule has 7 nitrogen and oxygen atoms in total. The highest BCUT2D eigenvalue weighted by Gasteiger charge is 2.34. The Kier molecular flexibility index (Phi) is 5.46. The molecule has 8 heteroatoms. The van der Waals surface area contributed by atoms with Crippen molar-refractivity contribution in [1.82, 2.24) is 4.90 Å². The van der Waals surface area contributed by atoms with Crippen molar-refractivity contribution in [2.45, 2.75) is 39.2 Å². The van der Waals surface area contributed by atoms with E-state index in [0.29, 0.717) is 50.2 Å². The summed E-state index contributed by atoms with van der Waals surface area (Å²) in [5.74, 6) is -0.402. The summed E-state index contributed by atoms with van der Waals surface area (Å²) in [5.41, 5.74) is 2.09. The first-order chi connectivity index (χ1) is 12.7. The minimum Gasteiger partial charge on any atom is -0.466 e. The normalized spacial score (nSPS) is 20.5. The lowest BCUT2D eigenvalue weighted by atomic mass is 9.96. The number of likely N-dealkylation sites (tertiary alicyclic amines) is 1. The van der Waals surface area contributed by atoms with Crippen LogP contribution in [0.3, 0.4) is 0 Å². The van der Waals surface area contributed by atoms with Gasteiger partial charge in [-0.2, -0.15) is 0 Å². The molecule has 2 aliphatic rings. The highest BCUT2D eigenvalue weighted by atomic mass is 32.2. The summed E-state index contributed by atoms with van der Waals surface area (Å²) in [6.07, 6.45) is 3.00. The molecule has 1 aromatic rings. The van der Waals surface area contributed by atoms with Gasteiger partial charge in [0.05, 0.1) is 24.5 Å². The first kappa shape index (κ1) is 19.7. The van der Waals surface area contributed by atoms with E-state index in [0.717, 1.165) is 5.56 Å². The number of hydrogen-bond acceptors (Lipinski definition) is 5. The van der Waals surface area contributed by atoms with E-state index in [1.54, 1.807) is 30.0 Å². The number of nitrogens with zero attached hydrogens (tertiary/aromatic N) is 2. The van der Waals surface area contributed by atoms with Gasteiger partial charge < -0.3 is 9.64 Å². The third kappa shape index (κ3) is 3.95. The van der Waals surface area contributed by atoms with E-state index in [-0.39, 0.29) is 23.8 Å². The van der Waals surface area contributed by atoms with Crippen molar-refractivity contribution in [3.8, 4) is 0 Å². The predicted octanol–water partition coefficient (Wildman–Crippen LogP) is 1.81. The summed E-state index contributed by atoms with van der Waals surface area (Å²) in [6, 6.07) is 5.06. The van der Waals surface area contributed by atoms with Gasteiger partial charge in [0.2, 0.25) is 10.0 Å². The molecule has 0 bridgehead atoms. The van der Waals surface area contributed by atoms with Crippen LogP contribution in [-0.2, 0) is 26.0 Å². The van der Waals surface area contributed by atoms with Gasteiger partial charge in [-0.25, -0.2) is 8.42 Å². The lowest BCUT2D eigenvalue weighted by Gasteiger charge is -2.31.